The Hall–Kier alpha value is -1.55. The van der Waals surface area contributed by atoms with E-state index in [4.69, 9.17) is 9.47 Å². The van der Waals surface area contributed by atoms with Crippen molar-refractivity contribution in [3.05, 3.63) is 37.0 Å². The summed E-state index contributed by atoms with van der Waals surface area (Å²) in [5.74, 6) is 0. The first-order valence-electron chi connectivity index (χ1n) is 10.6. The zero-order valence-corrected chi connectivity index (χ0v) is 19.8. The summed E-state index contributed by atoms with van der Waals surface area (Å²) in [4.78, 5) is 14.0. The second-order valence-corrected chi connectivity index (χ2v) is 7.70. The van der Waals surface area contributed by atoms with Crippen molar-refractivity contribution in [3.8, 4) is 0 Å². The summed E-state index contributed by atoms with van der Waals surface area (Å²) in [6.45, 7) is 23.7. The number of amides is 1. The van der Waals surface area contributed by atoms with E-state index in [9.17, 15) is 4.79 Å². The van der Waals surface area contributed by atoms with E-state index in [2.05, 4.69) is 19.2 Å². The Morgan fingerprint density at radius 2 is 1.68 bits per heavy atom. The average molecular weight is 396 g/mol. The molecule has 28 heavy (non-hydrogen) atoms. The Morgan fingerprint density at radius 3 is 2.11 bits per heavy atom. The third-order valence-corrected chi connectivity index (χ3v) is 4.23. The minimum absolute atomic E-state index is 0.0619. The molecule has 1 saturated heterocycles. The van der Waals surface area contributed by atoms with E-state index in [1.54, 1.807) is 18.1 Å². The number of piperidine rings is 1. The molecule has 164 valence electrons. The van der Waals surface area contributed by atoms with Gasteiger partial charge >= 0.3 is 6.09 Å². The molecule has 4 heteroatoms. The maximum Gasteiger partial charge on any atom is 0.410 e. The zero-order chi connectivity index (χ0) is 22.2. The molecule has 0 atom stereocenters. The molecule has 0 radical (unpaired) electrons. The molecule has 0 aromatic carbocycles. The van der Waals surface area contributed by atoms with E-state index in [1.165, 1.54) is 5.57 Å². The monoisotopic (exact) mass is 395 g/mol. The maximum atomic E-state index is 12.2. The molecule has 0 spiro atoms. The van der Waals surface area contributed by atoms with Crippen LogP contribution in [0, 0.1) is 5.41 Å². The molecule has 1 fully saturated rings. The van der Waals surface area contributed by atoms with Crippen LogP contribution in [0.25, 0.3) is 0 Å². The van der Waals surface area contributed by atoms with Crippen LogP contribution >= 0.6 is 0 Å². The number of carbonyl (C=O) groups excluding carboxylic acids is 1. The number of ether oxygens (including phenoxy) is 2. The van der Waals surface area contributed by atoms with Crippen molar-refractivity contribution in [1.29, 1.82) is 0 Å². The third kappa shape index (κ3) is 12.0. The van der Waals surface area contributed by atoms with E-state index in [-0.39, 0.29) is 11.5 Å². The Morgan fingerprint density at radius 1 is 1.14 bits per heavy atom. The van der Waals surface area contributed by atoms with Crippen LogP contribution in [0.4, 0.5) is 4.79 Å². The van der Waals surface area contributed by atoms with Crippen molar-refractivity contribution in [2.45, 2.75) is 79.8 Å². The molecule has 0 unspecified atom stereocenters. The fourth-order valence-electron chi connectivity index (χ4n) is 3.10. The van der Waals surface area contributed by atoms with Crippen LogP contribution < -0.4 is 0 Å². The van der Waals surface area contributed by atoms with Crippen molar-refractivity contribution in [2.24, 2.45) is 5.41 Å². The zero-order valence-electron chi connectivity index (χ0n) is 19.8. The van der Waals surface area contributed by atoms with Gasteiger partial charge in [-0.15, -0.1) is 0 Å². The summed E-state index contributed by atoms with van der Waals surface area (Å²) in [7, 11) is 1.74. The molecule has 0 aliphatic carbocycles. The van der Waals surface area contributed by atoms with Crippen molar-refractivity contribution in [2.75, 3.05) is 26.8 Å². The largest absolute Gasteiger partial charge is 0.444 e. The van der Waals surface area contributed by atoms with E-state index < -0.39 is 5.60 Å². The number of carbonyl (C=O) groups is 1. The molecule has 1 heterocycles. The molecule has 0 aromatic heterocycles. The van der Waals surface area contributed by atoms with Gasteiger partial charge in [0.2, 0.25) is 0 Å². The Bertz CT molecular complexity index is 467. The number of rotatable bonds is 7. The predicted octanol–water partition coefficient (Wildman–Crippen LogP) is 6.78. The molecule has 0 bridgehead atoms. The highest BCUT2D eigenvalue weighted by Crippen LogP contribution is 2.38. The molecule has 0 saturated carbocycles. The first-order valence-corrected chi connectivity index (χ1v) is 10.6. The van der Waals surface area contributed by atoms with Crippen LogP contribution in [0.3, 0.4) is 0 Å². The minimum Gasteiger partial charge on any atom is -0.444 e. The third-order valence-electron chi connectivity index (χ3n) is 4.23. The number of hydrogen-bond acceptors (Lipinski definition) is 3. The van der Waals surface area contributed by atoms with E-state index in [0.717, 1.165) is 25.7 Å². The number of likely N-dealkylation sites (tertiary alicyclic amines) is 1. The minimum atomic E-state index is -0.454. The second-order valence-electron chi connectivity index (χ2n) is 7.70. The van der Waals surface area contributed by atoms with Crippen molar-refractivity contribution < 1.29 is 14.3 Å². The lowest BCUT2D eigenvalue weighted by atomic mass is 9.74. The molecular weight excluding hydrogens is 350 g/mol. The first kappa shape index (κ1) is 28.7. The van der Waals surface area contributed by atoms with Crippen LogP contribution in [-0.4, -0.2) is 43.4 Å². The standard InChI is InChI=1S/C20H33NO3.2C2H6/c1-7-8-9-10-17(2)15-20(16-23-6)11-13-21(14-12-20)18(22)24-19(3,4)5;2*1-2/h7-9H,1-2,10-16H2,3-6H3;2*1-2H3/b9-8-;;. The van der Waals surface area contributed by atoms with Crippen LogP contribution in [0.2, 0.25) is 0 Å². The van der Waals surface area contributed by atoms with Gasteiger partial charge in [-0.1, -0.05) is 64.7 Å². The van der Waals surface area contributed by atoms with Crippen LogP contribution in [0.15, 0.2) is 37.0 Å². The summed E-state index contributed by atoms with van der Waals surface area (Å²) < 4.78 is 10.9. The topological polar surface area (TPSA) is 38.8 Å². The Labute approximate surface area is 174 Å². The second kappa shape index (κ2) is 15.4. The van der Waals surface area contributed by atoms with Gasteiger partial charge in [0.15, 0.2) is 0 Å². The number of allylic oxidation sites excluding steroid dienone is 4. The van der Waals surface area contributed by atoms with Crippen LogP contribution in [0.1, 0.15) is 74.1 Å². The van der Waals surface area contributed by atoms with E-state index in [0.29, 0.717) is 19.7 Å². The Balaban J connectivity index is 0. The van der Waals surface area contributed by atoms with E-state index in [1.807, 2.05) is 54.5 Å². The lowest BCUT2D eigenvalue weighted by Crippen LogP contribution is -2.46. The summed E-state index contributed by atoms with van der Waals surface area (Å²) in [6, 6.07) is 0. The van der Waals surface area contributed by atoms with Gasteiger partial charge in [-0.05, 0) is 46.5 Å². The molecular formula is C24H45NO3. The van der Waals surface area contributed by atoms with Crippen molar-refractivity contribution >= 4 is 6.09 Å². The average Bonchev–Trinajstić information content (AvgIpc) is 2.64. The van der Waals surface area contributed by atoms with Crippen molar-refractivity contribution in [3.63, 3.8) is 0 Å². The van der Waals surface area contributed by atoms with Gasteiger partial charge in [0, 0.05) is 25.6 Å². The summed E-state index contributed by atoms with van der Waals surface area (Å²) in [5, 5.41) is 0. The number of nitrogens with zero attached hydrogens (tertiary/aromatic N) is 1. The van der Waals surface area contributed by atoms with Crippen LogP contribution in [-0.2, 0) is 9.47 Å². The van der Waals surface area contributed by atoms with E-state index >= 15 is 0 Å². The lowest BCUT2D eigenvalue weighted by Gasteiger charge is -2.42. The van der Waals surface area contributed by atoms with Crippen molar-refractivity contribution in [1.82, 2.24) is 4.90 Å². The van der Waals surface area contributed by atoms with Gasteiger partial charge < -0.3 is 14.4 Å². The van der Waals surface area contributed by atoms with Gasteiger partial charge in [-0.25, -0.2) is 4.79 Å². The highest BCUT2D eigenvalue weighted by molar-refractivity contribution is 5.68. The van der Waals surface area contributed by atoms with Gasteiger partial charge in [0.1, 0.15) is 5.60 Å². The smallest absolute Gasteiger partial charge is 0.410 e. The summed E-state index contributed by atoms with van der Waals surface area (Å²) in [6.07, 6.45) is 9.16. The lowest BCUT2D eigenvalue weighted by molar-refractivity contribution is -0.00677. The molecule has 1 amide bonds. The fourth-order valence-corrected chi connectivity index (χ4v) is 3.10. The summed E-state index contributed by atoms with van der Waals surface area (Å²) in [5.41, 5.74) is 0.798. The fraction of sp³-hybridized carbons (Fsp3) is 0.708. The van der Waals surface area contributed by atoms with Gasteiger partial charge in [-0.3, -0.25) is 0 Å². The molecule has 4 nitrogen and oxygen atoms in total. The first-order chi connectivity index (χ1) is 13.2. The summed E-state index contributed by atoms with van der Waals surface area (Å²) >= 11 is 0. The number of methoxy groups -OCH3 is 1. The van der Waals surface area contributed by atoms with Gasteiger partial charge in [-0.2, -0.15) is 0 Å². The normalized spacial score (nSPS) is 15.6. The van der Waals surface area contributed by atoms with Gasteiger partial charge in [0.25, 0.3) is 0 Å². The number of hydrogen-bond donors (Lipinski definition) is 0. The predicted molar refractivity (Wildman–Crippen MR) is 122 cm³/mol. The maximum absolute atomic E-state index is 12.2. The molecule has 0 aromatic rings. The van der Waals surface area contributed by atoms with Crippen LogP contribution in [0.5, 0.6) is 0 Å². The molecule has 1 rings (SSSR count). The Kier molecular flexibility index (Phi) is 15.7. The molecule has 0 N–H and O–H groups in total. The van der Waals surface area contributed by atoms with Gasteiger partial charge in [0.05, 0.1) is 6.61 Å². The highest BCUT2D eigenvalue weighted by atomic mass is 16.6. The quantitative estimate of drug-likeness (QED) is 0.352. The SMILES string of the molecule is C=C/C=C\CC(=C)CC1(COC)CCN(C(=O)OC(C)(C)C)CC1.CC.CC. The molecule has 1 aliphatic heterocycles. The molecule has 1 aliphatic rings. The highest BCUT2D eigenvalue weighted by Gasteiger charge is 2.37.